The summed E-state index contributed by atoms with van der Waals surface area (Å²) in [4.78, 5) is 33.1. The van der Waals surface area contributed by atoms with E-state index >= 15 is 0 Å². The van der Waals surface area contributed by atoms with Crippen LogP contribution in [0.1, 0.15) is 5.76 Å². The predicted octanol–water partition coefficient (Wildman–Crippen LogP) is 4.32. The van der Waals surface area contributed by atoms with Gasteiger partial charge in [0.15, 0.2) is 0 Å². The van der Waals surface area contributed by atoms with E-state index in [0.717, 1.165) is 0 Å². The van der Waals surface area contributed by atoms with E-state index in [4.69, 9.17) is 9.15 Å². The van der Waals surface area contributed by atoms with Crippen LogP contribution in [0, 0.1) is 31.6 Å². The van der Waals surface area contributed by atoms with Gasteiger partial charge in [-0.2, -0.15) is 5.26 Å². The molecule has 1 amide bonds. The minimum Gasteiger partial charge on any atom is -0.496 e. The molecule has 11 nitrogen and oxygen atoms in total. The molecule has 1 heterocycles. The molecule has 0 bridgehead atoms. The van der Waals surface area contributed by atoms with Crippen LogP contribution >= 0.6 is 0 Å². The van der Waals surface area contributed by atoms with E-state index in [2.05, 4.69) is 5.32 Å². The number of nitrogens with one attached hydrogen (secondary N) is 1. The summed E-state index contributed by atoms with van der Waals surface area (Å²) >= 11 is 0. The van der Waals surface area contributed by atoms with Crippen molar-refractivity contribution in [3.63, 3.8) is 0 Å². The number of methoxy groups -OCH3 is 1. The highest BCUT2D eigenvalue weighted by molar-refractivity contribution is 6.09. The highest BCUT2D eigenvalue weighted by Gasteiger charge is 2.17. The van der Waals surface area contributed by atoms with E-state index < -0.39 is 15.8 Å². The minimum atomic E-state index is -0.779. The molecule has 32 heavy (non-hydrogen) atoms. The van der Waals surface area contributed by atoms with Gasteiger partial charge in [0.25, 0.3) is 17.3 Å². The molecule has 0 saturated heterocycles. The molecule has 11 heteroatoms. The van der Waals surface area contributed by atoms with Crippen LogP contribution < -0.4 is 10.1 Å². The molecule has 0 unspecified atom stereocenters. The fraction of sp³-hybridized carbons (Fsp3) is 0.0476. The number of benzene rings is 2. The second-order valence-electron chi connectivity index (χ2n) is 6.28. The van der Waals surface area contributed by atoms with Crippen LogP contribution in [0.5, 0.6) is 5.75 Å². The lowest BCUT2D eigenvalue weighted by molar-refractivity contribution is -0.385. The molecular weight excluding hydrogens is 420 g/mol. The maximum absolute atomic E-state index is 12.4. The Morgan fingerprint density at radius 1 is 1.09 bits per heavy atom. The lowest BCUT2D eigenvalue weighted by atomic mass is 10.1. The summed E-state index contributed by atoms with van der Waals surface area (Å²) in [6.07, 6.45) is 1.20. The number of non-ortho nitro benzene ring substituents is 2. The summed E-state index contributed by atoms with van der Waals surface area (Å²) in [5, 5.41) is 33.6. The third-order valence-electron chi connectivity index (χ3n) is 4.25. The molecule has 3 aromatic rings. The molecule has 0 fully saturated rings. The van der Waals surface area contributed by atoms with Crippen LogP contribution in [-0.2, 0) is 4.79 Å². The number of anilines is 1. The molecule has 3 rings (SSSR count). The largest absolute Gasteiger partial charge is 0.496 e. The van der Waals surface area contributed by atoms with Gasteiger partial charge in [-0.05, 0) is 24.3 Å². The number of nitro benzene ring substituents is 2. The van der Waals surface area contributed by atoms with Crippen LogP contribution in [0.3, 0.4) is 0 Å². The molecule has 0 radical (unpaired) electrons. The van der Waals surface area contributed by atoms with Crippen LogP contribution in [0.25, 0.3) is 17.4 Å². The van der Waals surface area contributed by atoms with E-state index in [1.54, 1.807) is 12.1 Å². The average Bonchev–Trinajstić information content (AvgIpc) is 3.25. The minimum absolute atomic E-state index is 0.151. The number of hydrogen-bond donors (Lipinski definition) is 1. The van der Waals surface area contributed by atoms with Gasteiger partial charge in [-0.3, -0.25) is 25.0 Å². The molecule has 0 atom stereocenters. The Labute approximate surface area is 180 Å². The number of nitriles is 1. The molecule has 0 aliphatic heterocycles. The van der Waals surface area contributed by atoms with Crippen molar-refractivity contribution < 1.29 is 23.8 Å². The van der Waals surface area contributed by atoms with Crippen molar-refractivity contribution in [3.05, 3.63) is 86.2 Å². The number of carbonyl (C=O) groups is 1. The number of nitro groups is 2. The summed E-state index contributed by atoms with van der Waals surface area (Å²) in [6, 6.07) is 14.1. The Hall–Kier alpha value is -4.98. The Bertz CT molecular complexity index is 1290. The summed E-state index contributed by atoms with van der Waals surface area (Å²) in [5.74, 6) is -0.0857. The summed E-state index contributed by atoms with van der Waals surface area (Å²) in [7, 11) is 1.36. The number of furan rings is 1. The first-order chi connectivity index (χ1) is 15.3. The van der Waals surface area contributed by atoms with Crippen molar-refractivity contribution in [3.8, 4) is 23.1 Å². The topological polar surface area (TPSA) is 162 Å². The normalized spacial score (nSPS) is 10.8. The van der Waals surface area contributed by atoms with Crippen LogP contribution in [0.4, 0.5) is 17.1 Å². The maximum atomic E-state index is 12.4. The Morgan fingerprint density at radius 2 is 1.81 bits per heavy atom. The van der Waals surface area contributed by atoms with E-state index in [1.165, 1.54) is 61.7 Å². The van der Waals surface area contributed by atoms with Crippen molar-refractivity contribution in [2.24, 2.45) is 0 Å². The Kier molecular flexibility index (Phi) is 6.26. The van der Waals surface area contributed by atoms with Gasteiger partial charge in [-0.15, -0.1) is 0 Å². The van der Waals surface area contributed by atoms with Crippen molar-refractivity contribution in [2.75, 3.05) is 12.4 Å². The van der Waals surface area contributed by atoms with E-state index in [9.17, 15) is 30.3 Å². The lowest BCUT2D eigenvalue weighted by Crippen LogP contribution is -2.13. The maximum Gasteiger partial charge on any atom is 0.273 e. The molecule has 1 N–H and O–H groups in total. The van der Waals surface area contributed by atoms with Gasteiger partial charge in [0.1, 0.15) is 28.9 Å². The van der Waals surface area contributed by atoms with Crippen molar-refractivity contribution in [1.29, 1.82) is 5.26 Å². The first-order valence-electron chi connectivity index (χ1n) is 8.92. The zero-order valence-corrected chi connectivity index (χ0v) is 16.5. The highest BCUT2D eigenvalue weighted by Crippen LogP contribution is 2.34. The smallest absolute Gasteiger partial charge is 0.273 e. The second kappa shape index (κ2) is 9.23. The van der Waals surface area contributed by atoms with E-state index in [1.807, 2.05) is 0 Å². The zero-order chi connectivity index (χ0) is 23.3. The zero-order valence-electron chi connectivity index (χ0n) is 16.5. The standard InChI is InChI=1S/C21H14N4O7/c1-31-20-11-16(25(29)30)5-7-18(20)19-8-6-17(32-19)9-13(12-22)21(26)23-14-3-2-4-15(10-14)24(27)28/h2-11H,1H3,(H,23,26)/b13-9+. The van der Waals surface area contributed by atoms with Crippen molar-refractivity contribution in [1.82, 2.24) is 0 Å². The number of ether oxygens (including phenoxy) is 1. The van der Waals surface area contributed by atoms with Gasteiger partial charge in [0.2, 0.25) is 0 Å². The van der Waals surface area contributed by atoms with Gasteiger partial charge in [-0.25, -0.2) is 0 Å². The van der Waals surface area contributed by atoms with Crippen molar-refractivity contribution in [2.45, 2.75) is 0 Å². The Morgan fingerprint density at radius 3 is 2.47 bits per heavy atom. The van der Waals surface area contributed by atoms with Crippen LogP contribution in [-0.4, -0.2) is 22.9 Å². The van der Waals surface area contributed by atoms with Gasteiger partial charge in [0.05, 0.1) is 28.6 Å². The first-order valence-corrected chi connectivity index (χ1v) is 8.92. The summed E-state index contributed by atoms with van der Waals surface area (Å²) in [6.45, 7) is 0. The van der Waals surface area contributed by atoms with Gasteiger partial charge in [0, 0.05) is 30.0 Å². The molecule has 160 valence electrons. The quantitative estimate of drug-likeness (QED) is 0.249. The number of rotatable bonds is 7. The second-order valence-corrected chi connectivity index (χ2v) is 6.28. The molecule has 1 aromatic heterocycles. The van der Waals surface area contributed by atoms with Crippen LogP contribution in [0.2, 0.25) is 0 Å². The third kappa shape index (κ3) is 4.77. The number of hydrogen-bond acceptors (Lipinski definition) is 8. The van der Waals surface area contributed by atoms with Crippen LogP contribution in [0.15, 0.2) is 64.6 Å². The predicted molar refractivity (Wildman–Crippen MR) is 113 cm³/mol. The number of carbonyl (C=O) groups excluding carboxylic acids is 1. The molecule has 0 aliphatic rings. The SMILES string of the molecule is COc1cc([N+](=O)[O-])ccc1-c1ccc(/C=C(\C#N)C(=O)Nc2cccc([N+](=O)[O-])c2)o1. The summed E-state index contributed by atoms with van der Waals surface area (Å²) in [5.41, 5.74) is -0.0636. The molecule has 0 aliphatic carbocycles. The monoisotopic (exact) mass is 434 g/mol. The van der Waals surface area contributed by atoms with Crippen molar-refractivity contribution >= 4 is 29.0 Å². The number of nitrogens with zero attached hydrogens (tertiary/aromatic N) is 3. The molecule has 2 aromatic carbocycles. The molecule has 0 saturated carbocycles. The third-order valence-corrected chi connectivity index (χ3v) is 4.25. The fourth-order valence-electron chi connectivity index (χ4n) is 2.76. The van der Waals surface area contributed by atoms with E-state index in [0.29, 0.717) is 11.3 Å². The average molecular weight is 434 g/mol. The Balaban J connectivity index is 1.85. The first kappa shape index (κ1) is 21.7. The highest BCUT2D eigenvalue weighted by atomic mass is 16.6. The number of amides is 1. The van der Waals surface area contributed by atoms with Gasteiger partial charge < -0.3 is 14.5 Å². The van der Waals surface area contributed by atoms with E-state index in [-0.39, 0.29) is 34.1 Å². The molecule has 0 spiro atoms. The fourth-order valence-corrected chi connectivity index (χ4v) is 2.76. The van der Waals surface area contributed by atoms with Gasteiger partial charge >= 0.3 is 0 Å². The summed E-state index contributed by atoms with van der Waals surface area (Å²) < 4.78 is 10.8. The lowest BCUT2D eigenvalue weighted by Gasteiger charge is -2.05. The van der Waals surface area contributed by atoms with Gasteiger partial charge in [-0.1, -0.05) is 6.07 Å². The molecular formula is C21H14N4O7.